The molecule has 1 heterocycles. The molecule has 0 radical (unpaired) electrons. The Morgan fingerprint density at radius 3 is 2.89 bits per heavy atom. The largest absolute Gasteiger partial charge is 0.478 e. The molecule has 0 bridgehead atoms. The summed E-state index contributed by atoms with van der Waals surface area (Å²) in [7, 11) is 0. The lowest BCUT2D eigenvalue weighted by molar-refractivity contribution is 0.0696. The minimum Gasteiger partial charge on any atom is -0.478 e. The van der Waals surface area contributed by atoms with E-state index < -0.39 is 11.8 Å². The zero-order chi connectivity index (χ0) is 13.1. The quantitative estimate of drug-likeness (QED) is 0.845. The zero-order valence-electron chi connectivity index (χ0n) is 10.4. The van der Waals surface area contributed by atoms with Gasteiger partial charge in [-0.15, -0.1) is 0 Å². The molecule has 0 aromatic carbocycles. The number of nitrogens with zero attached hydrogens (tertiary/aromatic N) is 2. The van der Waals surface area contributed by atoms with Crippen molar-refractivity contribution in [1.82, 2.24) is 4.98 Å². The molecule has 0 atom stereocenters. The lowest BCUT2D eigenvalue weighted by atomic mass is 10.2. The number of hydrogen-bond donors (Lipinski definition) is 1. The van der Waals surface area contributed by atoms with Crippen LogP contribution in [0.5, 0.6) is 0 Å². The smallest absolute Gasteiger partial charge is 0.339 e. The number of carboxylic acids is 1. The van der Waals surface area contributed by atoms with Crippen molar-refractivity contribution < 1.29 is 14.3 Å². The van der Waals surface area contributed by atoms with Crippen LogP contribution in [0.25, 0.3) is 0 Å². The average molecular weight is 252 g/mol. The van der Waals surface area contributed by atoms with Crippen LogP contribution < -0.4 is 4.90 Å². The van der Waals surface area contributed by atoms with Crippen LogP contribution in [-0.4, -0.2) is 29.1 Å². The summed E-state index contributed by atoms with van der Waals surface area (Å²) in [4.78, 5) is 17.1. The van der Waals surface area contributed by atoms with Gasteiger partial charge in [0.1, 0.15) is 17.2 Å². The Morgan fingerprint density at radius 2 is 2.33 bits per heavy atom. The summed E-state index contributed by atoms with van der Waals surface area (Å²) in [5.74, 6) is -0.726. The Kier molecular flexibility index (Phi) is 3.79. The summed E-state index contributed by atoms with van der Waals surface area (Å²) in [6, 6.07) is 1.04. The number of aromatic carboxylic acids is 1. The topological polar surface area (TPSA) is 53.4 Å². The highest BCUT2D eigenvalue weighted by Crippen LogP contribution is 2.32. The minimum atomic E-state index is -1.13. The molecule has 1 aromatic heterocycles. The van der Waals surface area contributed by atoms with Crippen LogP contribution in [0.15, 0.2) is 12.3 Å². The lowest BCUT2D eigenvalue weighted by Gasteiger charge is -2.24. The third kappa shape index (κ3) is 2.97. The Hall–Kier alpha value is -1.65. The maximum Gasteiger partial charge on any atom is 0.339 e. The maximum absolute atomic E-state index is 13.1. The van der Waals surface area contributed by atoms with E-state index in [9.17, 15) is 9.18 Å². The number of carboxylic acid groups (broad SMARTS) is 1. The van der Waals surface area contributed by atoms with E-state index in [1.807, 2.05) is 11.8 Å². The standard InChI is InChI=1S/C13H17FN2O2/c1-2-5-16(8-9-3-4-9)12-11(13(17)18)6-10(14)7-15-12/h6-7,9H,2-5,8H2,1H3,(H,17,18). The monoisotopic (exact) mass is 252 g/mol. The Balaban J connectivity index is 2.29. The van der Waals surface area contributed by atoms with Crippen molar-refractivity contribution in [3.8, 4) is 0 Å². The van der Waals surface area contributed by atoms with Gasteiger partial charge in [-0.05, 0) is 31.2 Å². The summed E-state index contributed by atoms with van der Waals surface area (Å²) in [6.45, 7) is 3.59. The molecule has 1 N–H and O–H groups in total. The molecule has 1 aliphatic rings. The predicted molar refractivity (Wildman–Crippen MR) is 66.4 cm³/mol. The van der Waals surface area contributed by atoms with E-state index in [2.05, 4.69) is 4.98 Å². The van der Waals surface area contributed by atoms with E-state index >= 15 is 0 Å². The first kappa shape index (κ1) is 12.8. The Morgan fingerprint density at radius 1 is 1.61 bits per heavy atom. The fraction of sp³-hybridized carbons (Fsp3) is 0.538. The summed E-state index contributed by atoms with van der Waals surface area (Å²) < 4.78 is 13.1. The van der Waals surface area contributed by atoms with Crippen LogP contribution in [0.3, 0.4) is 0 Å². The van der Waals surface area contributed by atoms with Crippen molar-refractivity contribution in [3.63, 3.8) is 0 Å². The van der Waals surface area contributed by atoms with Crippen LogP contribution in [0.2, 0.25) is 0 Å². The molecule has 18 heavy (non-hydrogen) atoms. The van der Waals surface area contributed by atoms with Gasteiger partial charge in [-0.3, -0.25) is 0 Å². The third-order valence-electron chi connectivity index (χ3n) is 3.03. The molecule has 1 aliphatic carbocycles. The second-order valence-electron chi connectivity index (χ2n) is 4.72. The fourth-order valence-electron chi connectivity index (χ4n) is 2.01. The first-order valence-corrected chi connectivity index (χ1v) is 6.25. The van der Waals surface area contributed by atoms with E-state index in [0.717, 1.165) is 31.8 Å². The third-order valence-corrected chi connectivity index (χ3v) is 3.03. The van der Waals surface area contributed by atoms with Gasteiger partial charge in [0.25, 0.3) is 0 Å². The SMILES string of the molecule is CCCN(CC1CC1)c1ncc(F)cc1C(=O)O. The molecular formula is C13H17FN2O2. The molecule has 0 saturated heterocycles. The number of pyridine rings is 1. The zero-order valence-corrected chi connectivity index (χ0v) is 10.4. The molecule has 4 nitrogen and oxygen atoms in total. The fourth-order valence-corrected chi connectivity index (χ4v) is 2.01. The van der Waals surface area contributed by atoms with Gasteiger partial charge in [-0.1, -0.05) is 6.92 Å². The first-order chi connectivity index (χ1) is 8.61. The number of anilines is 1. The van der Waals surface area contributed by atoms with E-state index in [4.69, 9.17) is 5.11 Å². The number of aromatic nitrogens is 1. The Labute approximate surface area is 105 Å². The number of rotatable bonds is 6. The molecule has 0 unspecified atom stereocenters. The molecule has 5 heteroatoms. The van der Waals surface area contributed by atoms with Crippen LogP contribution >= 0.6 is 0 Å². The molecule has 98 valence electrons. The summed E-state index contributed by atoms with van der Waals surface area (Å²) in [5.41, 5.74) is -0.0518. The van der Waals surface area contributed by atoms with Gasteiger partial charge in [0, 0.05) is 13.1 Å². The Bertz CT molecular complexity index is 447. The number of halogens is 1. The second kappa shape index (κ2) is 5.33. The minimum absolute atomic E-state index is 0.0518. The van der Waals surface area contributed by atoms with Crippen molar-refractivity contribution in [2.24, 2.45) is 5.92 Å². The molecule has 0 spiro atoms. The van der Waals surface area contributed by atoms with E-state index in [-0.39, 0.29) is 5.56 Å². The molecule has 0 amide bonds. The maximum atomic E-state index is 13.1. The van der Waals surface area contributed by atoms with Crippen molar-refractivity contribution in [2.75, 3.05) is 18.0 Å². The van der Waals surface area contributed by atoms with Gasteiger partial charge in [0.2, 0.25) is 0 Å². The molecule has 1 aromatic rings. The number of hydrogen-bond acceptors (Lipinski definition) is 3. The van der Waals surface area contributed by atoms with E-state index in [0.29, 0.717) is 11.7 Å². The highest BCUT2D eigenvalue weighted by Gasteiger charge is 2.27. The summed E-state index contributed by atoms with van der Waals surface area (Å²) >= 11 is 0. The van der Waals surface area contributed by atoms with Crippen molar-refractivity contribution in [3.05, 3.63) is 23.6 Å². The van der Waals surface area contributed by atoms with Gasteiger partial charge >= 0.3 is 5.97 Å². The predicted octanol–water partition coefficient (Wildman–Crippen LogP) is 2.55. The molecule has 0 aliphatic heterocycles. The lowest BCUT2D eigenvalue weighted by Crippen LogP contribution is -2.29. The van der Waals surface area contributed by atoms with Crippen molar-refractivity contribution in [2.45, 2.75) is 26.2 Å². The van der Waals surface area contributed by atoms with Gasteiger partial charge in [-0.25, -0.2) is 14.2 Å². The van der Waals surface area contributed by atoms with Crippen molar-refractivity contribution in [1.29, 1.82) is 0 Å². The van der Waals surface area contributed by atoms with Crippen LogP contribution in [0, 0.1) is 11.7 Å². The summed E-state index contributed by atoms with van der Waals surface area (Å²) in [5, 5.41) is 9.12. The van der Waals surface area contributed by atoms with Gasteiger partial charge in [0.15, 0.2) is 0 Å². The average Bonchev–Trinajstić information content (AvgIpc) is 3.12. The van der Waals surface area contributed by atoms with Crippen LogP contribution in [0.4, 0.5) is 10.2 Å². The normalized spacial score (nSPS) is 14.6. The van der Waals surface area contributed by atoms with Crippen LogP contribution in [-0.2, 0) is 0 Å². The molecular weight excluding hydrogens is 235 g/mol. The highest BCUT2D eigenvalue weighted by atomic mass is 19.1. The van der Waals surface area contributed by atoms with Gasteiger partial charge in [-0.2, -0.15) is 0 Å². The van der Waals surface area contributed by atoms with E-state index in [1.54, 1.807) is 0 Å². The van der Waals surface area contributed by atoms with Crippen molar-refractivity contribution >= 4 is 11.8 Å². The number of carbonyl (C=O) groups is 1. The van der Waals surface area contributed by atoms with E-state index in [1.165, 1.54) is 12.8 Å². The first-order valence-electron chi connectivity index (χ1n) is 6.25. The summed E-state index contributed by atoms with van der Waals surface area (Å²) in [6.07, 6.45) is 4.36. The molecule has 2 rings (SSSR count). The second-order valence-corrected chi connectivity index (χ2v) is 4.72. The molecule has 1 fully saturated rings. The van der Waals surface area contributed by atoms with Gasteiger partial charge in [0.05, 0.1) is 6.20 Å². The molecule has 1 saturated carbocycles. The van der Waals surface area contributed by atoms with Gasteiger partial charge < -0.3 is 10.0 Å². The van der Waals surface area contributed by atoms with Crippen LogP contribution in [0.1, 0.15) is 36.5 Å². The highest BCUT2D eigenvalue weighted by molar-refractivity contribution is 5.93.